The van der Waals surface area contributed by atoms with Crippen LogP contribution in [0.4, 0.5) is 4.79 Å². The van der Waals surface area contributed by atoms with E-state index >= 15 is 0 Å². The highest BCUT2D eigenvalue weighted by Crippen LogP contribution is 2.12. The van der Waals surface area contributed by atoms with E-state index in [1.54, 1.807) is 18.3 Å². The normalized spacial score (nSPS) is 10.8. The van der Waals surface area contributed by atoms with E-state index in [0.717, 1.165) is 10.5 Å². The Labute approximate surface area is 117 Å². The summed E-state index contributed by atoms with van der Waals surface area (Å²) in [6, 6.07) is 2.99. The molecule has 0 saturated heterocycles. The van der Waals surface area contributed by atoms with Crippen LogP contribution in [-0.4, -0.2) is 46.7 Å². The average Bonchev–Trinajstić information content (AvgIpc) is 2.44. The van der Waals surface area contributed by atoms with Crippen LogP contribution in [-0.2, 0) is 11.3 Å². The maximum atomic E-state index is 11.9. The number of rotatable bonds is 5. The molecule has 110 valence electrons. The van der Waals surface area contributed by atoms with Gasteiger partial charge in [0.1, 0.15) is 5.54 Å². The number of carboxylic acids is 1. The minimum atomic E-state index is -1.28. The molecule has 1 rings (SSSR count). The molecule has 0 aromatic carbocycles. The molecular weight excluding hydrogens is 262 g/mol. The molecule has 7 nitrogen and oxygen atoms in total. The van der Waals surface area contributed by atoms with Gasteiger partial charge in [-0.2, -0.15) is 0 Å². The topological polar surface area (TPSA) is 91.8 Å². The molecule has 0 fully saturated rings. The van der Waals surface area contributed by atoms with Gasteiger partial charge in [-0.25, -0.2) is 14.6 Å². The van der Waals surface area contributed by atoms with Crippen molar-refractivity contribution in [2.75, 3.05) is 14.2 Å². The molecule has 1 aromatic heterocycles. The van der Waals surface area contributed by atoms with E-state index in [2.05, 4.69) is 10.3 Å². The molecule has 0 radical (unpaired) electrons. The van der Waals surface area contributed by atoms with Crippen molar-refractivity contribution < 1.29 is 19.4 Å². The van der Waals surface area contributed by atoms with Crippen molar-refractivity contribution in [2.45, 2.75) is 25.9 Å². The summed E-state index contributed by atoms with van der Waals surface area (Å²) in [5.74, 6) is -0.578. The van der Waals surface area contributed by atoms with Crippen molar-refractivity contribution in [3.8, 4) is 5.88 Å². The highest BCUT2D eigenvalue weighted by molar-refractivity contribution is 5.85. The van der Waals surface area contributed by atoms with Gasteiger partial charge >= 0.3 is 12.0 Å². The number of hydrogen-bond acceptors (Lipinski definition) is 4. The molecule has 0 unspecified atom stereocenters. The lowest BCUT2D eigenvalue weighted by atomic mass is 10.1. The van der Waals surface area contributed by atoms with Crippen molar-refractivity contribution in [3.63, 3.8) is 0 Å². The van der Waals surface area contributed by atoms with E-state index in [1.165, 1.54) is 28.0 Å². The number of urea groups is 1. The quantitative estimate of drug-likeness (QED) is 0.843. The Morgan fingerprint density at radius 2 is 2.10 bits per heavy atom. The fraction of sp³-hybridized carbons (Fsp3) is 0.462. The summed E-state index contributed by atoms with van der Waals surface area (Å²) in [7, 11) is 2.96. The van der Waals surface area contributed by atoms with Crippen LogP contribution in [0.1, 0.15) is 19.4 Å². The van der Waals surface area contributed by atoms with Gasteiger partial charge in [0.25, 0.3) is 0 Å². The Kier molecular flexibility index (Phi) is 4.90. The SMILES string of the molecule is COc1ccc(CNC(=O)N(C)C(C)(C)C(=O)O)cn1. The van der Waals surface area contributed by atoms with Crippen LogP contribution in [0.15, 0.2) is 18.3 Å². The van der Waals surface area contributed by atoms with E-state index in [1.807, 2.05) is 0 Å². The van der Waals surface area contributed by atoms with Crippen molar-refractivity contribution in [1.29, 1.82) is 0 Å². The van der Waals surface area contributed by atoms with Gasteiger partial charge in [-0.15, -0.1) is 0 Å². The zero-order valence-electron chi connectivity index (χ0n) is 12.0. The first kappa shape index (κ1) is 15.7. The minimum Gasteiger partial charge on any atom is -0.481 e. The fourth-order valence-electron chi connectivity index (χ4n) is 1.33. The summed E-state index contributed by atoms with van der Waals surface area (Å²) in [6.07, 6.45) is 1.58. The summed E-state index contributed by atoms with van der Waals surface area (Å²) in [5.41, 5.74) is -0.483. The number of hydrogen-bond donors (Lipinski definition) is 2. The molecule has 1 aromatic rings. The number of carbonyl (C=O) groups is 2. The second-order valence-electron chi connectivity index (χ2n) is 4.79. The number of aliphatic carboxylic acids is 1. The molecular formula is C13H19N3O4. The minimum absolute atomic E-state index is 0.260. The third-order valence-electron chi connectivity index (χ3n) is 3.12. The Morgan fingerprint density at radius 1 is 1.45 bits per heavy atom. The van der Waals surface area contributed by atoms with Gasteiger partial charge in [-0.05, 0) is 19.4 Å². The van der Waals surface area contributed by atoms with Crippen LogP contribution in [0.5, 0.6) is 5.88 Å². The van der Waals surface area contributed by atoms with Crippen LogP contribution < -0.4 is 10.1 Å². The van der Waals surface area contributed by atoms with E-state index in [0.29, 0.717) is 5.88 Å². The van der Waals surface area contributed by atoms with E-state index < -0.39 is 17.5 Å². The summed E-state index contributed by atoms with van der Waals surface area (Å²) in [6.45, 7) is 3.18. The van der Waals surface area contributed by atoms with Gasteiger partial charge in [-0.3, -0.25) is 0 Å². The van der Waals surface area contributed by atoms with Crippen LogP contribution >= 0.6 is 0 Å². The van der Waals surface area contributed by atoms with Gasteiger partial charge < -0.3 is 20.1 Å². The maximum absolute atomic E-state index is 11.9. The zero-order valence-corrected chi connectivity index (χ0v) is 12.0. The van der Waals surface area contributed by atoms with Crippen molar-refractivity contribution >= 4 is 12.0 Å². The fourth-order valence-corrected chi connectivity index (χ4v) is 1.33. The molecule has 2 N–H and O–H groups in total. The molecule has 0 aliphatic heterocycles. The molecule has 0 aliphatic carbocycles. The molecule has 1 heterocycles. The van der Waals surface area contributed by atoms with Crippen molar-refractivity contribution in [2.24, 2.45) is 0 Å². The molecule has 0 atom stereocenters. The largest absolute Gasteiger partial charge is 0.481 e. The van der Waals surface area contributed by atoms with Gasteiger partial charge in [0.15, 0.2) is 0 Å². The Morgan fingerprint density at radius 3 is 2.55 bits per heavy atom. The smallest absolute Gasteiger partial charge is 0.329 e. The van der Waals surface area contributed by atoms with Gasteiger partial charge in [0, 0.05) is 25.9 Å². The maximum Gasteiger partial charge on any atom is 0.329 e. The van der Waals surface area contributed by atoms with E-state index in [4.69, 9.17) is 9.84 Å². The number of pyridine rings is 1. The second kappa shape index (κ2) is 6.23. The molecule has 2 amide bonds. The van der Waals surface area contributed by atoms with E-state index in [-0.39, 0.29) is 6.54 Å². The molecule has 0 saturated carbocycles. The lowest BCUT2D eigenvalue weighted by Crippen LogP contribution is -2.53. The first-order valence-corrected chi connectivity index (χ1v) is 6.03. The molecule has 7 heteroatoms. The molecule has 20 heavy (non-hydrogen) atoms. The average molecular weight is 281 g/mol. The Balaban J connectivity index is 2.60. The van der Waals surface area contributed by atoms with Gasteiger partial charge in [0.05, 0.1) is 7.11 Å². The highest BCUT2D eigenvalue weighted by atomic mass is 16.5. The molecule has 0 aliphatic rings. The number of amides is 2. The first-order chi connectivity index (χ1) is 9.28. The second-order valence-corrected chi connectivity index (χ2v) is 4.79. The zero-order chi connectivity index (χ0) is 15.3. The lowest BCUT2D eigenvalue weighted by Gasteiger charge is -2.31. The first-order valence-electron chi connectivity index (χ1n) is 6.03. The summed E-state index contributed by atoms with van der Waals surface area (Å²) in [4.78, 5) is 28.1. The predicted octanol–water partition coefficient (Wildman–Crippen LogP) is 1.09. The Bertz CT molecular complexity index is 485. The summed E-state index contributed by atoms with van der Waals surface area (Å²) >= 11 is 0. The summed E-state index contributed by atoms with van der Waals surface area (Å²) < 4.78 is 4.93. The van der Waals surface area contributed by atoms with Crippen molar-refractivity contribution in [1.82, 2.24) is 15.2 Å². The van der Waals surface area contributed by atoms with Crippen LogP contribution in [0.2, 0.25) is 0 Å². The van der Waals surface area contributed by atoms with Gasteiger partial charge in [-0.1, -0.05) is 6.07 Å². The number of carbonyl (C=O) groups excluding carboxylic acids is 1. The van der Waals surface area contributed by atoms with Crippen LogP contribution in [0.25, 0.3) is 0 Å². The standard InChI is InChI=1S/C13H19N3O4/c1-13(2,11(17)18)16(3)12(19)15-8-9-5-6-10(20-4)14-7-9/h5-7H,8H2,1-4H3,(H,15,19)(H,17,18). The van der Waals surface area contributed by atoms with E-state index in [9.17, 15) is 9.59 Å². The van der Waals surface area contributed by atoms with Crippen molar-refractivity contribution in [3.05, 3.63) is 23.9 Å². The third-order valence-corrected chi connectivity index (χ3v) is 3.12. The van der Waals surface area contributed by atoms with Crippen LogP contribution in [0, 0.1) is 0 Å². The monoisotopic (exact) mass is 281 g/mol. The predicted molar refractivity (Wildman–Crippen MR) is 72.5 cm³/mol. The van der Waals surface area contributed by atoms with Crippen LogP contribution in [0.3, 0.4) is 0 Å². The highest BCUT2D eigenvalue weighted by Gasteiger charge is 2.35. The number of nitrogens with zero attached hydrogens (tertiary/aromatic N) is 2. The molecule has 0 spiro atoms. The number of carboxylic acid groups (broad SMARTS) is 1. The third kappa shape index (κ3) is 3.59. The number of nitrogens with one attached hydrogen (secondary N) is 1. The molecule has 0 bridgehead atoms. The number of aromatic nitrogens is 1. The lowest BCUT2D eigenvalue weighted by molar-refractivity contribution is -0.146. The number of likely N-dealkylation sites (N-methyl/N-ethyl adjacent to an activating group) is 1. The number of methoxy groups -OCH3 is 1. The Hall–Kier alpha value is -2.31. The van der Waals surface area contributed by atoms with Gasteiger partial charge in [0.2, 0.25) is 5.88 Å². The number of ether oxygens (including phenoxy) is 1. The summed E-state index contributed by atoms with van der Waals surface area (Å²) in [5, 5.41) is 11.7.